The lowest BCUT2D eigenvalue weighted by Gasteiger charge is -2.01. The molecule has 0 aromatic carbocycles. The molecule has 0 aliphatic rings. The van der Waals surface area contributed by atoms with Crippen molar-refractivity contribution in [2.45, 2.75) is 26.2 Å². The van der Waals surface area contributed by atoms with E-state index in [1.165, 1.54) is 0 Å². The summed E-state index contributed by atoms with van der Waals surface area (Å²) in [7, 11) is 0. The molecule has 13 heavy (non-hydrogen) atoms. The summed E-state index contributed by atoms with van der Waals surface area (Å²) in [5, 5.41) is 9.84. The van der Waals surface area contributed by atoms with Gasteiger partial charge in [0.1, 0.15) is 0 Å². The Labute approximate surface area is 84.4 Å². The predicted molar refractivity (Wildman–Crippen MR) is 52.6 cm³/mol. The van der Waals surface area contributed by atoms with Crippen LogP contribution >= 0.6 is 12.4 Å². The molecule has 0 saturated heterocycles. The number of nitro groups is 1. The number of hydrogen-bond acceptors (Lipinski definition) is 4. The summed E-state index contributed by atoms with van der Waals surface area (Å²) in [6.07, 6.45) is 3.29. The van der Waals surface area contributed by atoms with E-state index >= 15 is 0 Å². The summed E-state index contributed by atoms with van der Waals surface area (Å²) in [5.41, 5.74) is 2.53. The van der Waals surface area contributed by atoms with Gasteiger partial charge in [0.05, 0.1) is 13.2 Å². The molecule has 6 heteroatoms. The van der Waals surface area contributed by atoms with Crippen LogP contribution in [0, 0.1) is 10.1 Å². The second-order valence-corrected chi connectivity index (χ2v) is 2.51. The Kier molecular flexibility index (Phi) is 13.5. The van der Waals surface area contributed by atoms with Crippen molar-refractivity contribution in [1.82, 2.24) is 5.48 Å². The van der Waals surface area contributed by atoms with Gasteiger partial charge in [0.25, 0.3) is 0 Å². The average Bonchev–Trinajstić information content (AvgIpc) is 2.02. The molecular weight excluding hydrogens is 196 g/mol. The van der Waals surface area contributed by atoms with Crippen LogP contribution in [0.4, 0.5) is 0 Å². The molecule has 0 unspecified atom stereocenters. The standard InChI is InChI=1S/C7H16N2O3.ClH/c1-2-3-4-7-12-8-5-6-9(10)11;/h8H,2-7H2,1H3;1H. The number of hydroxylamine groups is 1. The van der Waals surface area contributed by atoms with Gasteiger partial charge in [-0.15, -0.1) is 12.4 Å². The zero-order valence-corrected chi connectivity index (χ0v) is 8.64. The largest absolute Gasteiger partial charge is 0.302 e. The Balaban J connectivity index is 0. The van der Waals surface area contributed by atoms with Crippen LogP contribution in [0.2, 0.25) is 0 Å². The fourth-order valence-electron chi connectivity index (χ4n) is 0.705. The highest BCUT2D eigenvalue weighted by Crippen LogP contribution is 1.92. The van der Waals surface area contributed by atoms with Crippen molar-refractivity contribution in [2.75, 3.05) is 19.7 Å². The quantitative estimate of drug-likeness (QED) is 0.375. The first-order valence-corrected chi connectivity index (χ1v) is 4.23. The van der Waals surface area contributed by atoms with Gasteiger partial charge in [-0.05, 0) is 6.42 Å². The maximum Gasteiger partial charge on any atom is 0.218 e. The number of nitrogens with one attached hydrogen (secondary N) is 1. The van der Waals surface area contributed by atoms with Crippen LogP contribution < -0.4 is 5.48 Å². The second-order valence-electron chi connectivity index (χ2n) is 2.51. The summed E-state index contributed by atoms with van der Waals surface area (Å²) < 4.78 is 0. The van der Waals surface area contributed by atoms with Gasteiger partial charge >= 0.3 is 0 Å². The third kappa shape index (κ3) is 14.5. The Morgan fingerprint density at radius 2 is 2.15 bits per heavy atom. The van der Waals surface area contributed by atoms with Gasteiger partial charge in [0.15, 0.2) is 0 Å². The fourth-order valence-corrected chi connectivity index (χ4v) is 0.705. The third-order valence-electron chi connectivity index (χ3n) is 1.35. The van der Waals surface area contributed by atoms with E-state index in [9.17, 15) is 10.1 Å². The zero-order valence-electron chi connectivity index (χ0n) is 7.82. The number of nitrogens with zero attached hydrogens (tertiary/aromatic N) is 1. The number of hydrogen-bond donors (Lipinski definition) is 1. The van der Waals surface area contributed by atoms with Crippen molar-refractivity contribution in [3.8, 4) is 0 Å². The van der Waals surface area contributed by atoms with Gasteiger partial charge in [-0.1, -0.05) is 19.8 Å². The highest BCUT2D eigenvalue weighted by atomic mass is 35.5. The number of halogens is 1. The normalized spacial score (nSPS) is 9.31. The van der Waals surface area contributed by atoms with Crippen LogP contribution in [0.25, 0.3) is 0 Å². The molecule has 0 heterocycles. The Morgan fingerprint density at radius 3 is 2.69 bits per heavy atom. The van der Waals surface area contributed by atoms with E-state index in [0.29, 0.717) is 6.61 Å². The van der Waals surface area contributed by atoms with Crippen LogP contribution in [0.5, 0.6) is 0 Å². The fraction of sp³-hybridized carbons (Fsp3) is 1.00. The van der Waals surface area contributed by atoms with E-state index in [2.05, 4.69) is 12.4 Å². The molecule has 0 saturated carbocycles. The molecule has 0 radical (unpaired) electrons. The summed E-state index contributed by atoms with van der Waals surface area (Å²) in [6, 6.07) is 0. The molecule has 80 valence electrons. The molecule has 0 aromatic rings. The number of unbranched alkanes of at least 4 members (excludes halogenated alkanes) is 2. The van der Waals surface area contributed by atoms with Crippen LogP contribution in [-0.4, -0.2) is 24.6 Å². The molecule has 0 aliphatic heterocycles. The van der Waals surface area contributed by atoms with Gasteiger partial charge in [-0.2, -0.15) is 5.48 Å². The number of rotatable bonds is 8. The molecule has 0 fully saturated rings. The molecule has 0 aromatic heterocycles. The molecule has 0 bridgehead atoms. The minimum Gasteiger partial charge on any atom is -0.302 e. The van der Waals surface area contributed by atoms with E-state index in [4.69, 9.17) is 4.84 Å². The smallest absolute Gasteiger partial charge is 0.218 e. The molecule has 0 rings (SSSR count). The van der Waals surface area contributed by atoms with Crippen LogP contribution in [0.3, 0.4) is 0 Å². The van der Waals surface area contributed by atoms with Gasteiger partial charge in [-0.25, -0.2) is 0 Å². The van der Waals surface area contributed by atoms with Crippen molar-refractivity contribution in [3.63, 3.8) is 0 Å². The summed E-state index contributed by atoms with van der Waals surface area (Å²) in [4.78, 5) is 14.4. The molecule has 0 aliphatic carbocycles. The van der Waals surface area contributed by atoms with E-state index < -0.39 is 0 Å². The van der Waals surface area contributed by atoms with E-state index in [-0.39, 0.29) is 30.4 Å². The topological polar surface area (TPSA) is 64.4 Å². The zero-order chi connectivity index (χ0) is 9.23. The SMILES string of the molecule is CCCCCONCC[N+](=O)[O-].Cl. The van der Waals surface area contributed by atoms with Crippen molar-refractivity contribution in [3.05, 3.63) is 10.1 Å². The lowest BCUT2D eigenvalue weighted by molar-refractivity contribution is -0.479. The Hall–Kier alpha value is -0.390. The Bertz CT molecular complexity index is 124. The van der Waals surface area contributed by atoms with E-state index in [0.717, 1.165) is 19.3 Å². The maximum atomic E-state index is 9.84. The van der Waals surface area contributed by atoms with Crippen LogP contribution in [0.1, 0.15) is 26.2 Å². The van der Waals surface area contributed by atoms with Gasteiger partial charge in [-0.3, -0.25) is 10.1 Å². The van der Waals surface area contributed by atoms with Gasteiger partial charge in [0.2, 0.25) is 6.54 Å². The van der Waals surface area contributed by atoms with Crippen molar-refractivity contribution >= 4 is 12.4 Å². The highest BCUT2D eigenvalue weighted by Gasteiger charge is 1.94. The first-order chi connectivity index (χ1) is 5.77. The monoisotopic (exact) mass is 212 g/mol. The molecule has 0 atom stereocenters. The lowest BCUT2D eigenvalue weighted by atomic mass is 10.3. The maximum absolute atomic E-state index is 9.84. The van der Waals surface area contributed by atoms with Crippen molar-refractivity contribution in [2.24, 2.45) is 0 Å². The first-order valence-electron chi connectivity index (χ1n) is 4.23. The molecular formula is C7H17ClN2O3. The van der Waals surface area contributed by atoms with Crippen LogP contribution in [-0.2, 0) is 4.84 Å². The van der Waals surface area contributed by atoms with Gasteiger partial charge < -0.3 is 4.84 Å². The molecule has 0 amide bonds. The summed E-state index contributed by atoms with van der Waals surface area (Å²) >= 11 is 0. The minimum absolute atomic E-state index is 0. The highest BCUT2D eigenvalue weighted by molar-refractivity contribution is 5.85. The first kappa shape index (κ1) is 15.1. The summed E-state index contributed by atoms with van der Waals surface area (Å²) in [6.45, 7) is 2.93. The Morgan fingerprint density at radius 1 is 1.46 bits per heavy atom. The summed E-state index contributed by atoms with van der Waals surface area (Å²) in [5.74, 6) is 0. The van der Waals surface area contributed by atoms with Gasteiger partial charge in [0, 0.05) is 4.92 Å². The molecule has 0 spiro atoms. The molecule has 1 N–H and O–H groups in total. The third-order valence-corrected chi connectivity index (χ3v) is 1.35. The van der Waals surface area contributed by atoms with E-state index in [1.807, 2.05) is 0 Å². The van der Waals surface area contributed by atoms with Crippen molar-refractivity contribution in [1.29, 1.82) is 0 Å². The minimum atomic E-state index is -0.373. The molecule has 5 nitrogen and oxygen atoms in total. The second kappa shape index (κ2) is 11.6. The van der Waals surface area contributed by atoms with Crippen LogP contribution in [0.15, 0.2) is 0 Å². The van der Waals surface area contributed by atoms with E-state index in [1.54, 1.807) is 0 Å². The lowest BCUT2D eigenvalue weighted by Crippen LogP contribution is -2.22. The van der Waals surface area contributed by atoms with Crippen molar-refractivity contribution < 1.29 is 9.76 Å². The average molecular weight is 213 g/mol. The predicted octanol–water partition coefficient (Wildman–Crippen LogP) is 1.40.